The molecule has 0 saturated carbocycles. The lowest BCUT2D eigenvalue weighted by Crippen LogP contribution is -2.04. The number of alkyl halides is 5. The molecule has 0 radical (unpaired) electrons. The van der Waals surface area contributed by atoms with Crippen molar-refractivity contribution in [3.05, 3.63) is 45.4 Å². The first kappa shape index (κ1) is 15.1. The number of nitrogens with zero attached hydrogens (tertiary/aromatic N) is 2. The molecule has 2 aromatic rings. The van der Waals surface area contributed by atoms with Crippen LogP contribution in [0, 0.1) is 3.83 Å². The maximum absolute atomic E-state index is 12.6. The molecule has 1 aromatic heterocycles. The molecule has 0 unspecified atom stereocenters. The van der Waals surface area contributed by atoms with Crippen LogP contribution in [-0.2, 0) is 6.18 Å². The fraction of sp³-hybridized carbons (Fsp3) is 0.167. The molecule has 2 rings (SSSR count). The number of rotatable bonds is 2. The minimum Gasteiger partial charge on any atom is -0.223 e. The molecule has 8 heteroatoms. The highest BCUT2D eigenvalue weighted by molar-refractivity contribution is 14.1. The molecule has 0 bridgehead atoms. The van der Waals surface area contributed by atoms with E-state index < -0.39 is 23.9 Å². The summed E-state index contributed by atoms with van der Waals surface area (Å²) in [4.78, 5) is 7.50. The van der Waals surface area contributed by atoms with Crippen LogP contribution in [0.5, 0.6) is 0 Å². The Bertz CT molecular complexity index is 610. The second-order valence-electron chi connectivity index (χ2n) is 3.82. The zero-order chi connectivity index (χ0) is 14.9. The summed E-state index contributed by atoms with van der Waals surface area (Å²) in [6, 6.07) is 5.21. The van der Waals surface area contributed by atoms with Crippen LogP contribution in [0.15, 0.2) is 30.3 Å². The van der Waals surface area contributed by atoms with E-state index in [4.69, 9.17) is 0 Å². The van der Waals surface area contributed by atoms with Gasteiger partial charge in [0.1, 0.15) is 5.69 Å². The minimum absolute atomic E-state index is 0.107. The van der Waals surface area contributed by atoms with Crippen LogP contribution in [0.25, 0.3) is 11.3 Å². The summed E-state index contributed by atoms with van der Waals surface area (Å²) in [6.07, 6.45) is -7.20. The van der Waals surface area contributed by atoms with E-state index in [2.05, 4.69) is 9.97 Å². The summed E-state index contributed by atoms with van der Waals surface area (Å²) < 4.78 is 62.6. The smallest absolute Gasteiger partial charge is 0.223 e. The van der Waals surface area contributed by atoms with E-state index in [-0.39, 0.29) is 9.53 Å². The molecule has 0 saturated heterocycles. The molecule has 0 N–H and O–H groups in total. The van der Waals surface area contributed by atoms with E-state index in [1.807, 2.05) is 0 Å². The van der Waals surface area contributed by atoms with Gasteiger partial charge in [0.2, 0.25) is 0 Å². The molecule has 0 amide bonds. The standard InChI is InChI=1S/C12H6F5IN2/c13-10(14)9-5-8(19-11(18)20-9)6-1-3-7(4-2-6)12(15,16)17/h1-5,10H. The van der Waals surface area contributed by atoms with E-state index in [0.717, 1.165) is 18.2 Å². The quantitative estimate of drug-likeness (QED) is 0.415. The first-order chi connectivity index (χ1) is 9.27. The molecular weight excluding hydrogens is 394 g/mol. The van der Waals surface area contributed by atoms with Crippen molar-refractivity contribution in [3.8, 4) is 11.3 Å². The van der Waals surface area contributed by atoms with Gasteiger partial charge in [0.05, 0.1) is 11.3 Å². The highest BCUT2D eigenvalue weighted by Gasteiger charge is 2.30. The van der Waals surface area contributed by atoms with Crippen molar-refractivity contribution < 1.29 is 22.0 Å². The van der Waals surface area contributed by atoms with Gasteiger partial charge >= 0.3 is 6.18 Å². The van der Waals surface area contributed by atoms with E-state index in [1.165, 1.54) is 12.1 Å². The van der Waals surface area contributed by atoms with Gasteiger partial charge in [-0.1, -0.05) is 12.1 Å². The Labute approximate surface area is 124 Å². The molecule has 1 heterocycles. The van der Waals surface area contributed by atoms with Crippen molar-refractivity contribution in [2.24, 2.45) is 0 Å². The van der Waals surface area contributed by atoms with Crippen molar-refractivity contribution in [1.82, 2.24) is 9.97 Å². The highest BCUT2D eigenvalue weighted by Crippen LogP contribution is 2.31. The summed E-state index contributed by atoms with van der Waals surface area (Å²) in [5.74, 6) is 0. The Morgan fingerprint density at radius 1 is 1.00 bits per heavy atom. The van der Waals surface area contributed by atoms with Crippen molar-refractivity contribution in [1.29, 1.82) is 0 Å². The lowest BCUT2D eigenvalue weighted by atomic mass is 10.1. The van der Waals surface area contributed by atoms with Crippen LogP contribution in [0.1, 0.15) is 17.7 Å². The van der Waals surface area contributed by atoms with Crippen molar-refractivity contribution in [3.63, 3.8) is 0 Å². The van der Waals surface area contributed by atoms with Crippen LogP contribution < -0.4 is 0 Å². The maximum atomic E-state index is 12.6. The van der Waals surface area contributed by atoms with Crippen LogP contribution in [0.3, 0.4) is 0 Å². The minimum atomic E-state index is -4.44. The monoisotopic (exact) mass is 400 g/mol. The summed E-state index contributed by atoms with van der Waals surface area (Å²) in [6.45, 7) is 0. The van der Waals surface area contributed by atoms with Crippen molar-refractivity contribution in [2.45, 2.75) is 12.6 Å². The average molecular weight is 400 g/mol. The van der Waals surface area contributed by atoms with Gasteiger partial charge < -0.3 is 0 Å². The van der Waals surface area contributed by atoms with Gasteiger partial charge in [0, 0.05) is 28.2 Å². The summed E-state index contributed by atoms with van der Waals surface area (Å²) >= 11 is 1.68. The number of halogens is 6. The van der Waals surface area contributed by atoms with E-state index >= 15 is 0 Å². The number of hydrogen-bond acceptors (Lipinski definition) is 2. The highest BCUT2D eigenvalue weighted by atomic mass is 127. The Balaban J connectivity index is 2.41. The number of benzene rings is 1. The third-order valence-electron chi connectivity index (χ3n) is 2.45. The van der Waals surface area contributed by atoms with Gasteiger partial charge in [0.25, 0.3) is 6.43 Å². The van der Waals surface area contributed by atoms with Crippen LogP contribution in [-0.4, -0.2) is 9.97 Å². The molecule has 0 fully saturated rings. The fourth-order valence-corrected chi connectivity index (χ4v) is 2.06. The maximum Gasteiger partial charge on any atom is 0.416 e. The van der Waals surface area contributed by atoms with Gasteiger partial charge in [-0.2, -0.15) is 13.2 Å². The summed E-state index contributed by atoms with van der Waals surface area (Å²) in [5, 5.41) is 0. The summed E-state index contributed by atoms with van der Waals surface area (Å²) in [5.41, 5.74) is -0.785. The third-order valence-corrected chi connectivity index (χ3v) is 2.93. The van der Waals surface area contributed by atoms with Crippen LogP contribution in [0.4, 0.5) is 22.0 Å². The normalized spacial score (nSPS) is 11.9. The number of hydrogen-bond donors (Lipinski definition) is 0. The van der Waals surface area contributed by atoms with Gasteiger partial charge in [-0.25, -0.2) is 18.7 Å². The molecule has 0 aliphatic heterocycles. The molecule has 0 atom stereocenters. The molecule has 0 aliphatic rings. The van der Waals surface area contributed by atoms with Gasteiger partial charge in [-0.15, -0.1) is 0 Å². The molecule has 1 aromatic carbocycles. The van der Waals surface area contributed by atoms with E-state index in [0.29, 0.717) is 5.56 Å². The topological polar surface area (TPSA) is 25.8 Å². The zero-order valence-electron chi connectivity index (χ0n) is 9.63. The Hall–Kier alpha value is -1.32. The summed E-state index contributed by atoms with van der Waals surface area (Å²) in [7, 11) is 0. The molecule has 20 heavy (non-hydrogen) atoms. The van der Waals surface area contributed by atoms with Crippen molar-refractivity contribution >= 4 is 22.6 Å². The second kappa shape index (κ2) is 5.58. The van der Waals surface area contributed by atoms with Crippen LogP contribution in [0.2, 0.25) is 0 Å². The SMILES string of the molecule is FC(F)c1cc(-c2ccc(C(F)(F)F)cc2)nc(I)n1. The molecule has 0 aliphatic carbocycles. The van der Waals surface area contributed by atoms with Gasteiger partial charge in [-0.05, 0) is 18.2 Å². The van der Waals surface area contributed by atoms with E-state index in [1.54, 1.807) is 22.6 Å². The molecule has 106 valence electrons. The number of aromatic nitrogens is 2. The predicted molar refractivity (Wildman–Crippen MR) is 70.1 cm³/mol. The van der Waals surface area contributed by atoms with E-state index in [9.17, 15) is 22.0 Å². The second-order valence-corrected chi connectivity index (χ2v) is 4.79. The predicted octanol–water partition coefficient (Wildman–Crippen LogP) is 4.70. The first-order valence-corrected chi connectivity index (χ1v) is 6.35. The average Bonchev–Trinajstić information content (AvgIpc) is 2.37. The molecule has 0 spiro atoms. The Kier molecular flexibility index (Phi) is 4.21. The van der Waals surface area contributed by atoms with Gasteiger partial charge in [-0.3, -0.25) is 0 Å². The first-order valence-electron chi connectivity index (χ1n) is 5.27. The molecular formula is C12H6F5IN2. The third kappa shape index (κ3) is 3.41. The molecule has 2 nitrogen and oxygen atoms in total. The lowest BCUT2D eigenvalue weighted by molar-refractivity contribution is -0.137. The van der Waals surface area contributed by atoms with Gasteiger partial charge in [0.15, 0.2) is 3.83 Å². The Morgan fingerprint density at radius 3 is 2.10 bits per heavy atom. The fourth-order valence-electron chi connectivity index (χ4n) is 1.53. The van der Waals surface area contributed by atoms with Crippen LogP contribution >= 0.6 is 22.6 Å². The zero-order valence-corrected chi connectivity index (χ0v) is 11.8. The largest absolute Gasteiger partial charge is 0.416 e. The lowest BCUT2D eigenvalue weighted by Gasteiger charge is -2.08. The Morgan fingerprint density at radius 2 is 1.60 bits per heavy atom. The van der Waals surface area contributed by atoms with Crippen molar-refractivity contribution in [2.75, 3.05) is 0 Å².